The highest BCUT2D eigenvalue weighted by Crippen LogP contribution is 2.33. The van der Waals surface area contributed by atoms with E-state index in [1.165, 1.54) is 23.5 Å². The number of aromatic nitrogens is 3. The first-order chi connectivity index (χ1) is 14.6. The van der Waals surface area contributed by atoms with Gasteiger partial charge in [-0.2, -0.15) is 0 Å². The van der Waals surface area contributed by atoms with Gasteiger partial charge in [0.2, 0.25) is 0 Å². The van der Waals surface area contributed by atoms with E-state index < -0.39 is 5.82 Å². The molecule has 2 saturated heterocycles. The maximum absolute atomic E-state index is 14.3. The van der Waals surface area contributed by atoms with Gasteiger partial charge in [0.05, 0.1) is 22.5 Å². The molecule has 0 saturated carbocycles. The van der Waals surface area contributed by atoms with Crippen LogP contribution < -0.4 is 5.32 Å². The van der Waals surface area contributed by atoms with Crippen LogP contribution in [-0.4, -0.2) is 55.8 Å². The van der Waals surface area contributed by atoms with Gasteiger partial charge in [-0.15, -0.1) is 11.3 Å². The first kappa shape index (κ1) is 19.3. The lowest BCUT2D eigenvalue weighted by Crippen LogP contribution is -2.48. The molecule has 2 fully saturated rings. The van der Waals surface area contributed by atoms with Gasteiger partial charge in [-0.05, 0) is 18.6 Å². The van der Waals surface area contributed by atoms with Gasteiger partial charge in [-0.3, -0.25) is 14.7 Å². The van der Waals surface area contributed by atoms with E-state index in [1.807, 2.05) is 5.38 Å². The number of carbonyl (C=O) groups is 1. The minimum absolute atomic E-state index is 0.0309. The molecule has 3 aromatic rings. The van der Waals surface area contributed by atoms with E-state index in [-0.39, 0.29) is 28.6 Å². The zero-order valence-corrected chi connectivity index (χ0v) is 17.4. The van der Waals surface area contributed by atoms with E-state index in [1.54, 1.807) is 29.6 Å². The number of hydrogen-bond acceptors (Lipinski definition) is 7. The fourth-order valence-electron chi connectivity index (χ4n) is 4.16. The molecular weight excluding hydrogens is 427 g/mol. The Morgan fingerprint density at radius 3 is 2.97 bits per heavy atom. The highest BCUT2D eigenvalue weighted by atomic mass is 35.5. The summed E-state index contributed by atoms with van der Waals surface area (Å²) in [6.45, 7) is 1.94. The van der Waals surface area contributed by atoms with E-state index in [0.29, 0.717) is 18.9 Å². The third kappa shape index (κ3) is 3.64. The summed E-state index contributed by atoms with van der Waals surface area (Å²) < 4.78 is 14.3. The van der Waals surface area contributed by atoms with E-state index >= 15 is 0 Å². The molecule has 2 bridgehead atoms. The Morgan fingerprint density at radius 2 is 2.20 bits per heavy atom. The summed E-state index contributed by atoms with van der Waals surface area (Å²) in [6, 6.07) is 4.82. The Balaban J connectivity index is 1.24. The lowest BCUT2D eigenvalue weighted by atomic mass is 10.1. The minimum Gasteiger partial charge on any atom is -0.333 e. The standard InChI is InChI=1S/C20H18ClFN6OS/c21-16-3-1-2-15(18(16)22)19(29)28-11-13-6-14(28)10-27(13)9-12-7-23-8-17(25-12)26-20-24-4-5-30-20/h1-5,7-8,13-14H,6,9-11H2,(H,24,25,26)/t13-,14+/m0/s1. The second kappa shape index (κ2) is 7.90. The van der Waals surface area contributed by atoms with Crippen LogP contribution in [0.2, 0.25) is 5.02 Å². The number of nitrogens with zero attached hydrogens (tertiary/aromatic N) is 5. The molecule has 5 rings (SSSR count). The smallest absolute Gasteiger partial charge is 0.257 e. The van der Waals surface area contributed by atoms with Gasteiger partial charge in [0, 0.05) is 49.5 Å². The molecule has 1 aromatic carbocycles. The number of nitrogens with one attached hydrogen (secondary N) is 1. The SMILES string of the molecule is O=C(c1cccc(Cl)c1F)N1C[C@@H]2C[C@@H]1CN2Cc1cncc(Nc2nccs2)n1. The van der Waals surface area contributed by atoms with Gasteiger partial charge < -0.3 is 10.2 Å². The summed E-state index contributed by atoms with van der Waals surface area (Å²) in [5, 5.41) is 5.78. The van der Waals surface area contributed by atoms with Gasteiger partial charge in [-0.25, -0.2) is 14.4 Å². The van der Waals surface area contributed by atoms with E-state index in [0.717, 1.165) is 23.8 Å². The molecule has 30 heavy (non-hydrogen) atoms. The maximum Gasteiger partial charge on any atom is 0.257 e. The van der Waals surface area contributed by atoms with Crippen LogP contribution in [0, 0.1) is 5.82 Å². The fraction of sp³-hybridized carbons (Fsp3) is 0.300. The Labute approximate surface area is 181 Å². The van der Waals surface area contributed by atoms with Crippen molar-refractivity contribution in [2.75, 3.05) is 18.4 Å². The van der Waals surface area contributed by atoms with E-state index in [2.05, 4.69) is 25.2 Å². The van der Waals surface area contributed by atoms with Crippen LogP contribution in [0.5, 0.6) is 0 Å². The lowest BCUT2D eigenvalue weighted by Gasteiger charge is -2.34. The molecule has 0 spiro atoms. The molecule has 4 heterocycles. The lowest BCUT2D eigenvalue weighted by molar-refractivity contribution is 0.0610. The number of hydrogen-bond donors (Lipinski definition) is 1. The second-order valence-corrected chi connectivity index (χ2v) is 8.69. The molecule has 154 valence electrons. The van der Waals surface area contributed by atoms with Crippen LogP contribution in [-0.2, 0) is 6.54 Å². The summed E-state index contributed by atoms with van der Waals surface area (Å²) in [5.74, 6) is -0.291. The molecular formula is C20H18ClFN6OS. The van der Waals surface area contributed by atoms with Crippen LogP contribution >= 0.6 is 22.9 Å². The predicted molar refractivity (Wildman–Crippen MR) is 112 cm³/mol. The molecule has 0 unspecified atom stereocenters. The van der Waals surface area contributed by atoms with Crippen LogP contribution in [0.25, 0.3) is 0 Å². The van der Waals surface area contributed by atoms with Gasteiger partial charge in [0.15, 0.2) is 16.8 Å². The van der Waals surface area contributed by atoms with Crippen molar-refractivity contribution in [2.24, 2.45) is 0 Å². The summed E-state index contributed by atoms with van der Waals surface area (Å²) in [6.07, 6.45) is 6.02. The Kier molecular flexibility index (Phi) is 5.10. The number of amides is 1. The number of rotatable bonds is 5. The third-order valence-corrected chi connectivity index (χ3v) is 6.49. The number of likely N-dealkylation sites (tertiary alicyclic amines) is 2. The summed E-state index contributed by atoms with van der Waals surface area (Å²) in [4.78, 5) is 30.0. The van der Waals surface area contributed by atoms with Gasteiger partial charge in [0.1, 0.15) is 0 Å². The summed E-state index contributed by atoms with van der Waals surface area (Å²) in [7, 11) is 0. The molecule has 2 aliphatic rings. The monoisotopic (exact) mass is 444 g/mol. The van der Waals surface area contributed by atoms with Crippen molar-refractivity contribution in [2.45, 2.75) is 25.0 Å². The zero-order valence-electron chi connectivity index (χ0n) is 15.8. The topological polar surface area (TPSA) is 74.2 Å². The maximum atomic E-state index is 14.3. The molecule has 10 heteroatoms. The zero-order chi connectivity index (χ0) is 20.7. The molecule has 2 aliphatic heterocycles. The van der Waals surface area contributed by atoms with Gasteiger partial charge >= 0.3 is 0 Å². The molecule has 1 amide bonds. The van der Waals surface area contributed by atoms with Crippen molar-refractivity contribution in [1.82, 2.24) is 24.8 Å². The number of halogens is 2. The van der Waals surface area contributed by atoms with Crippen LogP contribution in [0.4, 0.5) is 15.3 Å². The van der Waals surface area contributed by atoms with Gasteiger partial charge in [0.25, 0.3) is 5.91 Å². The molecule has 1 N–H and O–H groups in total. The molecule has 0 aliphatic carbocycles. The quantitative estimate of drug-likeness (QED) is 0.648. The van der Waals surface area contributed by atoms with Crippen LogP contribution in [0.3, 0.4) is 0 Å². The second-order valence-electron chi connectivity index (χ2n) is 7.39. The first-order valence-corrected chi connectivity index (χ1v) is 10.8. The average Bonchev–Trinajstić information content (AvgIpc) is 3.47. The number of carbonyl (C=O) groups excluding carboxylic acids is 1. The molecule has 2 atom stereocenters. The number of fused-ring (bicyclic) bond motifs is 2. The predicted octanol–water partition coefficient (Wildman–Crippen LogP) is 3.57. The summed E-state index contributed by atoms with van der Waals surface area (Å²) in [5.41, 5.74) is 0.885. The number of thiazole rings is 1. The highest BCUT2D eigenvalue weighted by Gasteiger charge is 2.45. The van der Waals surface area contributed by atoms with Crippen molar-refractivity contribution < 1.29 is 9.18 Å². The third-order valence-electron chi connectivity index (χ3n) is 5.51. The Morgan fingerprint density at radius 1 is 1.30 bits per heavy atom. The molecule has 7 nitrogen and oxygen atoms in total. The minimum atomic E-state index is -0.649. The van der Waals surface area contributed by atoms with Crippen LogP contribution in [0.15, 0.2) is 42.2 Å². The van der Waals surface area contributed by atoms with Crippen molar-refractivity contribution in [3.05, 3.63) is 64.3 Å². The average molecular weight is 445 g/mol. The molecule has 2 aromatic heterocycles. The van der Waals surface area contributed by atoms with Crippen molar-refractivity contribution in [3.63, 3.8) is 0 Å². The first-order valence-electron chi connectivity index (χ1n) is 9.55. The Hall–Kier alpha value is -2.62. The van der Waals surface area contributed by atoms with E-state index in [4.69, 9.17) is 11.6 Å². The number of piperazine rings is 1. The summed E-state index contributed by atoms with van der Waals surface area (Å²) >= 11 is 7.34. The number of anilines is 2. The van der Waals surface area contributed by atoms with Crippen LogP contribution in [0.1, 0.15) is 22.5 Å². The largest absolute Gasteiger partial charge is 0.333 e. The Bertz CT molecular complexity index is 1080. The van der Waals surface area contributed by atoms with Gasteiger partial charge in [-0.1, -0.05) is 17.7 Å². The van der Waals surface area contributed by atoms with Crippen molar-refractivity contribution in [1.29, 1.82) is 0 Å². The molecule has 0 radical (unpaired) electrons. The van der Waals surface area contributed by atoms with Crippen molar-refractivity contribution in [3.8, 4) is 0 Å². The normalized spacial score (nSPS) is 20.7. The fourth-order valence-corrected chi connectivity index (χ4v) is 4.87. The van der Waals surface area contributed by atoms with E-state index in [9.17, 15) is 9.18 Å². The number of benzene rings is 1. The highest BCUT2D eigenvalue weighted by molar-refractivity contribution is 7.13. The van der Waals surface area contributed by atoms with Crippen molar-refractivity contribution >= 4 is 39.8 Å².